The van der Waals surface area contributed by atoms with E-state index in [2.05, 4.69) is 25.5 Å². The van der Waals surface area contributed by atoms with Crippen molar-refractivity contribution in [1.82, 2.24) is 20.2 Å². The van der Waals surface area contributed by atoms with Crippen LogP contribution in [0.25, 0.3) is 10.9 Å². The van der Waals surface area contributed by atoms with E-state index in [4.69, 9.17) is 0 Å². The zero-order valence-electron chi connectivity index (χ0n) is 9.29. The number of carbonyl (C=O) groups is 1. The van der Waals surface area contributed by atoms with Gasteiger partial charge in [0.15, 0.2) is 0 Å². The first-order valence-corrected chi connectivity index (χ1v) is 5.34. The summed E-state index contributed by atoms with van der Waals surface area (Å²) in [5, 5.41) is 9.79. The van der Waals surface area contributed by atoms with Gasteiger partial charge in [0.05, 0.1) is 17.4 Å². The maximum atomic E-state index is 11.7. The minimum atomic E-state index is -0.343. The van der Waals surface area contributed by atoms with Crippen molar-refractivity contribution in [3.63, 3.8) is 0 Å². The lowest BCUT2D eigenvalue weighted by atomic mass is 10.2. The number of anilines is 1. The van der Waals surface area contributed by atoms with Crippen LogP contribution in [0.5, 0.6) is 0 Å². The Balaban J connectivity index is 1.89. The number of rotatable bonds is 2. The van der Waals surface area contributed by atoms with Gasteiger partial charge in [0, 0.05) is 5.39 Å². The average molecular weight is 239 g/mol. The largest absolute Gasteiger partial charge is 0.318 e. The molecule has 3 rings (SSSR count). The van der Waals surface area contributed by atoms with Crippen molar-refractivity contribution in [3.8, 4) is 0 Å². The summed E-state index contributed by atoms with van der Waals surface area (Å²) < 4.78 is 0. The molecule has 0 saturated heterocycles. The summed E-state index contributed by atoms with van der Waals surface area (Å²) in [6.07, 6.45) is 2.89. The highest BCUT2D eigenvalue weighted by molar-refractivity contribution is 6.02. The summed E-state index contributed by atoms with van der Waals surface area (Å²) in [6.45, 7) is 0. The second-order valence-corrected chi connectivity index (χ2v) is 3.70. The monoisotopic (exact) mass is 239 g/mol. The van der Waals surface area contributed by atoms with Crippen LogP contribution < -0.4 is 5.32 Å². The lowest BCUT2D eigenvalue weighted by molar-refractivity contribution is 0.101. The Morgan fingerprint density at radius 1 is 1.22 bits per heavy atom. The first-order valence-electron chi connectivity index (χ1n) is 5.34. The van der Waals surface area contributed by atoms with E-state index in [1.807, 2.05) is 30.3 Å². The van der Waals surface area contributed by atoms with Crippen molar-refractivity contribution in [2.24, 2.45) is 0 Å². The highest BCUT2D eigenvalue weighted by atomic mass is 16.2. The second kappa shape index (κ2) is 4.25. The molecule has 0 aliphatic carbocycles. The van der Waals surface area contributed by atoms with Crippen LogP contribution in [-0.2, 0) is 0 Å². The molecule has 1 aromatic carbocycles. The fourth-order valence-corrected chi connectivity index (χ4v) is 1.64. The number of nitrogens with one attached hydrogen (secondary N) is 2. The number of aromatic amines is 1. The van der Waals surface area contributed by atoms with E-state index < -0.39 is 0 Å². The van der Waals surface area contributed by atoms with Gasteiger partial charge in [-0.2, -0.15) is 5.10 Å². The fraction of sp³-hybridized carbons (Fsp3) is 0. The lowest BCUT2D eigenvalue weighted by Crippen LogP contribution is -2.13. The maximum Gasteiger partial charge on any atom is 0.293 e. The first kappa shape index (κ1) is 10.4. The molecule has 0 unspecified atom stereocenters. The minimum Gasteiger partial charge on any atom is -0.318 e. The van der Waals surface area contributed by atoms with Crippen LogP contribution in [0.2, 0.25) is 0 Å². The van der Waals surface area contributed by atoms with E-state index in [0.29, 0.717) is 5.69 Å². The van der Waals surface area contributed by atoms with Gasteiger partial charge in [0.2, 0.25) is 5.82 Å². The molecule has 3 aromatic rings. The van der Waals surface area contributed by atoms with E-state index in [0.717, 1.165) is 10.9 Å². The van der Waals surface area contributed by atoms with Crippen LogP contribution in [0.4, 0.5) is 5.69 Å². The molecule has 1 amide bonds. The standard InChI is InChI=1S/C12H9N5O/c18-12(11-14-7-15-17-11)16-9-5-8-3-1-2-4-10(8)13-6-9/h1-7H,(H,16,18)(H,14,15,17). The summed E-state index contributed by atoms with van der Waals surface area (Å²) in [4.78, 5) is 19.8. The number of H-pyrrole nitrogens is 1. The van der Waals surface area contributed by atoms with Crippen LogP contribution in [0.3, 0.4) is 0 Å². The number of amides is 1. The van der Waals surface area contributed by atoms with Gasteiger partial charge < -0.3 is 5.32 Å². The molecule has 0 aliphatic heterocycles. The van der Waals surface area contributed by atoms with Gasteiger partial charge in [0.25, 0.3) is 5.91 Å². The smallest absolute Gasteiger partial charge is 0.293 e. The zero-order valence-corrected chi connectivity index (χ0v) is 9.29. The van der Waals surface area contributed by atoms with E-state index in [9.17, 15) is 4.79 Å². The van der Waals surface area contributed by atoms with Crippen molar-refractivity contribution in [2.75, 3.05) is 5.32 Å². The third-order valence-electron chi connectivity index (χ3n) is 2.48. The molecular formula is C12H9N5O. The third kappa shape index (κ3) is 1.91. The summed E-state index contributed by atoms with van der Waals surface area (Å²) >= 11 is 0. The number of carbonyl (C=O) groups excluding carboxylic acids is 1. The van der Waals surface area contributed by atoms with Crippen LogP contribution in [-0.4, -0.2) is 26.1 Å². The van der Waals surface area contributed by atoms with Gasteiger partial charge in [-0.1, -0.05) is 18.2 Å². The summed E-state index contributed by atoms with van der Waals surface area (Å²) in [5.41, 5.74) is 1.50. The van der Waals surface area contributed by atoms with Gasteiger partial charge in [-0.3, -0.25) is 14.9 Å². The molecule has 2 aromatic heterocycles. The molecule has 0 radical (unpaired) electrons. The third-order valence-corrected chi connectivity index (χ3v) is 2.48. The molecule has 2 N–H and O–H groups in total. The Hall–Kier alpha value is -2.76. The number of nitrogens with zero attached hydrogens (tertiary/aromatic N) is 3. The maximum absolute atomic E-state index is 11.7. The SMILES string of the molecule is O=C(Nc1cnc2ccccc2c1)c1ncn[nH]1. The Morgan fingerprint density at radius 3 is 2.94 bits per heavy atom. The van der Waals surface area contributed by atoms with Crippen molar-refractivity contribution in [3.05, 3.63) is 48.7 Å². The van der Waals surface area contributed by atoms with Crippen LogP contribution >= 0.6 is 0 Å². The van der Waals surface area contributed by atoms with Crippen LogP contribution in [0.15, 0.2) is 42.9 Å². The Labute approximate surface area is 102 Å². The van der Waals surface area contributed by atoms with Gasteiger partial charge in [0.1, 0.15) is 6.33 Å². The van der Waals surface area contributed by atoms with Gasteiger partial charge in [-0.05, 0) is 12.1 Å². The number of para-hydroxylation sites is 1. The van der Waals surface area contributed by atoms with E-state index in [-0.39, 0.29) is 11.7 Å². The molecule has 0 aliphatic rings. The quantitative estimate of drug-likeness (QED) is 0.711. The average Bonchev–Trinajstić information content (AvgIpc) is 2.92. The van der Waals surface area contributed by atoms with Crippen molar-refractivity contribution >= 4 is 22.5 Å². The molecule has 0 spiro atoms. The molecule has 6 heteroatoms. The van der Waals surface area contributed by atoms with Crippen LogP contribution in [0, 0.1) is 0 Å². The van der Waals surface area contributed by atoms with Gasteiger partial charge >= 0.3 is 0 Å². The van der Waals surface area contributed by atoms with Crippen molar-refractivity contribution in [1.29, 1.82) is 0 Å². The Kier molecular flexibility index (Phi) is 2.45. The highest BCUT2D eigenvalue weighted by Crippen LogP contribution is 2.16. The normalized spacial score (nSPS) is 10.4. The topological polar surface area (TPSA) is 83.6 Å². The summed E-state index contributed by atoms with van der Waals surface area (Å²) in [6, 6.07) is 9.55. The summed E-state index contributed by atoms with van der Waals surface area (Å²) in [5.74, 6) is -0.173. The van der Waals surface area contributed by atoms with Crippen molar-refractivity contribution in [2.45, 2.75) is 0 Å². The predicted octanol–water partition coefficient (Wildman–Crippen LogP) is 1.61. The second-order valence-electron chi connectivity index (χ2n) is 3.70. The molecule has 2 heterocycles. The molecule has 0 saturated carbocycles. The Bertz CT molecular complexity index is 693. The molecular weight excluding hydrogens is 230 g/mol. The predicted molar refractivity (Wildman–Crippen MR) is 66.1 cm³/mol. The number of hydrogen-bond acceptors (Lipinski definition) is 4. The molecule has 0 bridgehead atoms. The summed E-state index contributed by atoms with van der Waals surface area (Å²) in [7, 11) is 0. The van der Waals surface area contributed by atoms with Gasteiger partial charge in [-0.15, -0.1) is 0 Å². The van der Waals surface area contributed by atoms with E-state index >= 15 is 0 Å². The number of fused-ring (bicyclic) bond motifs is 1. The number of aromatic nitrogens is 4. The number of pyridine rings is 1. The molecule has 0 fully saturated rings. The fourth-order valence-electron chi connectivity index (χ4n) is 1.64. The zero-order chi connectivity index (χ0) is 12.4. The Morgan fingerprint density at radius 2 is 2.11 bits per heavy atom. The first-order chi connectivity index (χ1) is 8.83. The minimum absolute atomic E-state index is 0.170. The number of hydrogen-bond donors (Lipinski definition) is 2. The van der Waals surface area contributed by atoms with Crippen molar-refractivity contribution < 1.29 is 4.79 Å². The molecule has 0 atom stereocenters. The van der Waals surface area contributed by atoms with Crippen LogP contribution in [0.1, 0.15) is 10.6 Å². The molecule has 6 nitrogen and oxygen atoms in total. The number of benzene rings is 1. The highest BCUT2D eigenvalue weighted by Gasteiger charge is 2.09. The van der Waals surface area contributed by atoms with E-state index in [1.54, 1.807) is 6.20 Å². The lowest BCUT2D eigenvalue weighted by Gasteiger charge is -2.03. The van der Waals surface area contributed by atoms with Gasteiger partial charge in [-0.25, -0.2) is 4.98 Å². The molecule has 18 heavy (non-hydrogen) atoms. The molecule has 88 valence electrons. The van der Waals surface area contributed by atoms with E-state index in [1.165, 1.54) is 6.33 Å².